The lowest BCUT2D eigenvalue weighted by Crippen LogP contribution is -2.27. The van der Waals surface area contributed by atoms with Gasteiger partial charge in [0.1, 0.15) is 0 Å². The van der Waals surface area contributed by atoms with Crippen LogP contribution < -0.4 is 5.73 Å². The lowest BCUT2D eigenvalue weighted by molar-refractivity contribution is 0.128. The Labute approximate surface area is 128 Å². The summed E-state index contributed by atoms with van der Waals surface area (Å²) in [6.07, 6.45) is 3.81. The van der Waals surface area contributed by atoms with Crippen LogP contribution in [0.15, 0.2) is 28.7 Å². The normalized spacial score (nSPS) is 22.4. The molecule has 2 nitrogen and oxygen atoms in total. The smallest absolute Gasteiger partial charge is 0.0666 e. The van der Waals surface area contributed by atoms with E-state index in [9.17, 15) is 0 Å². The lowest BCUT2D eigenvalue weighted by atomic mass is 10.0. The number of hydrogen-bond acceptors (Lipinski definition) is 3. The highest BCUT2D eigenvalue weighted by molar-refractivity contribution is 9.10. The fourth-order valence-corrected chi connectivity index (χ4v) is 4.23. The van der Waals surface area contributed by atoms with Crippen molar-refractivity contribution in [3.8, 4) is 0 Å². The molecule has 2 N–H and O–H groups in total. The summed E-state index contributed by atoms with van der Waals surface area (Å²) < 4.78 is 6.83. The number of hydrogen-bond donors (Lipinski definition) is 1. The third kappa shape index (κ3) is 4.48. The maximum absolute atomic E-state index is 6.31. The number of ether oxygens (including phenoxy) is 1. The monoisotopic (exact) mass is 343 g/mol. The molecule has 1 fully saturated rings. The first kappa shape index (κ1) is 15.4. The standard InChI is InChI=1S/C15H22BrNOS/c1-2-14(17)15(11-5-3-6-12(16)9-11)19-10-13-7-4-8-18-13/h3,5-6,9,13-15H,2,4,7-8,10,17H2,1H3. The molecular formula is C15H22BrNOS. The van der Waals surface area contributed by atoms with Crippen molar-refractivity contribution in [2.75, 3.05) is 12.4 Å². The van der Waals surface area contributed by atoms with Crippen molar-refractivity contribution in [2.24, 2.45) is 5.73 Å². The van der Waals surface area contributed by atoms with Crippen LogP contribution in [0, 0.1) is 0 Å². The molecule has 1 saturated heterocycles. The Morgan fingerprint density at radius 2 is 2.37 bits per heavy atom. The largest absolute Gasteiger partial charge is 0.377 e. The van der Waals surface area contributed by atoms with Gasteiger partial charge in [0.05, 0.1) is 6.10 Å². The van der Waals surface area contributed by atoms with Crippen LogP contribution in [0.4, 0.5) is 0 Å². The van der Waals surface area contributed by atoms with Crippen LogP contribution >= 0.6 is 27.7 Å². The van der Waals surface area contributed by atoms with Crippen molar-refractivity contribution in [2.45, 2.75) is 43.6 Å². The molecule has 1 aromatic rings. The molecule has 1 heterocycles. The third-order valence-electron chi connectivity index (χ3n) is 3.52. The number of rotatable bonds is 6. The van der Waals surface area contributed by atoms with Crippen LogP contribution in [-0.2, 0) is 4.74 Å². The lowest BCUT2D eigenvalue weighted by Gasteiger charge is -2.24. The van der Waals surface area contributed by atoms with E-state index >= 15 is 0 Å². The number of nitrogens with two attached hydrogens (primary N) is 1. The van der Waals surface area contributed by atoms with E-state index in [0.29, 0.717) is 11.4 Å². The van der Waals surface area contributed by atoms with Gasteiger partial charge in [-0.05, 0) is 37.0 Å². The van der Waals surface area contributed by atoms with Crippen LogP contribution in [0.25, 0.3) is 0 Å². The molecule has 0 spiro atoms. The van der Waals surface area contributed by atoms with Crippen molar-refractivity contribution in [1.82, 2.24) is 0 Å². The van der Waals surface area contributed by atoms with Gasteiger partial charge in [-0.1, -0.05) is 35.0 Å². The highest BCUT2D eigenvalue weighted by Crippen LogP contribution is 2.35. The van der Waals surface area contributed by atoms with Crippen molar-refractivity contribution >= 4 is 27.7 Å². The van der Waals surface area contributed by atoms with Gasteiger partial charge in [-0.2, -0.15) is 0 Å². The second kappa shape index (κ2) is 7.67. The highest BCUT2D eigenvalue weighted by atomic mass is 79.9. The Kier molecular flexibility index (Phi) is 6.20. The summed E-state index contributed by atoms with van der Waals surface area (Å²) in [5.74, 6) is 1.05. The van der Waals surface area contributed by atoms with Crippen molar-refractivity contribution in [3.05, 3.63) is 34.3 Å². The Balaban J connectivity index is 2.02. The van der Waals surface area contributed by atoms with Gasteiger partial charge in [-0.25, -0.2) is 0 Å². The third-order valence-corrected chi connectivity index (χ3v) is 5.56. The summed E-state index contributed by atoms with van der Waals surface area (Å²) in [6, 6.07) is 8.70. The van der Waals surface area contributed by atoms with Crippen LogP contribution in [0.5, 0.6) is 0 Å². The van der Waals surface area contributed by atoms with Gasteiger partial charge in [0.15, 0.2) is 0 Å². The second-order valence-corrected chi connectivity index (χ2v) is 7.11. The molecular weight excluding hydrogens is 322 g/mol. The topological polar surface area (TPSA) is 35.2 Å². The van der Waals surface area contributed by atoms with Gasteiger partial charge in [-0.15, -0.1) is 11.8 Å². The Hall–Kier alpha value is -0.0300. The molecule has 2 rings (SSSR count). The minimum atomic E-state index is 0.195. The number of halogens is 1. The van der Waals surface area contributed by atoms with Gasteiger partial charge < -0.3 is 10.5 Å². The molecule has 3 unspecified atom stereocenters. The summed E-state index contributed by atoms with van der Waals surface area (Å²) in [6.45, 7) is 3.08. The first-order valence-electron chi connectivity index (χ1n) is 6.95. The maximum atomic E-state index is 6.31. The van der Waals surface area contributed by atoms with E-state index < -0.39 is 0 Å². The van der Waals surface area contributed by atoms with E-state index in [4.69, 9.17) is 10.5 Å². The minimum Gasteiger partial charge on any atom is -0.377 e. The summed E-state index contributed by atoms with van der Waals surface area (Å²) in [5.41, 5.74) is 7.62. The zero-order chi connectivity index (χ0) is 13.7. The summed E-state index contributed by atoms with van der Waals surface area (Å²) >= 11 is 5.49. The molecule has 1 aliphatic heterocycles. The van der Waals surface area contributed by atoms with E-state index in [1.807, 2.05) is 11.8 Å². The first-order valence-corrected chi connectivity index (χ1v) is 8.79. The second-order valence-electron chi connectivity index (χ2n) is 5.02. The van der Waals surface area contributed by atoms with Gasteiger partial charge in [0.25, 0.3) is 0 Å². The predicted octanol–water partition coefficient (Wildman–Crippen LogP) is 4.14. The average Bonchev–Trinajstić information content (AvgIpc) is 2.92. The van der Waals surface area contributed by atoms with Crippen LogP contribution in [0.1, 0.15) is 37.0 Å². The van der Waals surface area contributed by atoms with Crippen LogP contribution in [0.2, 0.25) is 0 Å². The molecule has 0 bridgehead atoms. The Morgan fingerprint density at radius 1 is 1.53 bits per heavy atom. The van der Waals surface area contributed by atoms with Crippen LogP contribution in [-0.4, -0.2) is 24.5 Å². The van der Waals surface area contributed by atoms with Crippen LogP contribution in [0.3, 0.4) is 0 Å². The minimum absolute atomic E-state index is 0.195. The van der Waals surface area contributed by atoms with Crippen molar-refractivity contribution < 1.29 is 4.74 Å². The molecule has 19 heavy (non-hydrogen) atoms. The van der Waals surface area contributed by atoms with Gasteiger partial charge >= 0.3 is 0 Å². The quantitative estimate of drug-likeness (QED) is 0.842. The van der Waals surface area contributed by atoms with E-state index in [-0.39, 0.29) is 6.04 Å². The molecule has 1 aliphatic rings. The maximum Gasteiger partial charge on any atom is 0.0666 e. The average molecular weight is 344 g/mol. The fraction of sp³-hybridized carbons (Fsp3) is 0.600. The molecule has 0 saturated carbocycles. The summed E-state index contributed by atoms with van der Waals surface area (Å²) in [5, 5.41) is 0.353. The van der Waals surface area contributed by atoms with Gasteiger partial charge in [0.2, 0.25) is 0 Å². The van der Waals surface area contributed by atoms with E-state index in [2.05, 4.69) is 47.1 Å². The molecule has 1 aromatic carbocycles. The zero-order valence-corrected chi connectivity index (χ0v) is 13.8. The fourth-order valence-electron chi connectivity index (χ4n) is 2.35. The molecule has 3 atom stereocenters. The van der Waals surface area contributed by atoms with Gasteiger partial charge in [-0.3, -0.25) is 0 Å². The molecule has 4 heteroatoms. The zero-order valence-electron chi connectivity index (χ0n) is 11.3. The Bertz CT molecular complexity index is 395. The number of benzene rings is 1. The Morgan fingerprint density at radius 3 is 3.00 bits per heavy atom. The van der Waals surface area contributed by atoms with E-state index in [1.165, 1.54) is 18.4 Å². The molecule has 0 aliphatic carbocycles. The van der Waals surface area contributed by atoms with E-state index in [1.54, 1.807) is 0 Å². The van der Waals surface area contributed by atoms with Gasteiger partial charge in [0, 0.05) is 28.1 Å². The highest BCUT2D eigenvalue weighted by Gasteiger charge is 2.23. The van der Waals surface area contributed by atoms with Crippen molar-refractivity contribution in [3.63, 3.8) is 0 Å². The van der Waals surface area contributed by atoms with E-state index in [0.717, 1.165) is 23.3 Å². The van der Waals surface area contributed by atoms with Crippen molar-refractivity contribution in [1.29, 1.82) is 0 Å². The predicted molar refractivity (Wildman–Crippen MR) is 86.6 cm³/mol. The number of thioether (sulfide) groups is 1. The molecule has 106 valence electrons. The SMILES string of the molecule is CCC(N)C(SCC1CCCO1)c1cccc(Br)c1. The summed E-state index contributed by atoms with van der Waals surface area (Å²) in [4.78, 5) is 0. The molecule has 0 aromatic heterocycles. The first-order chi connectivity index (χ1) is 9.20. The molecule has 0 radical (unpaired) electrons. The molecule has 0 amide bonds. The summed E-state index contributed by atoms with van der Waals surface area (Å²) in [7, 11) is 0.